The van der Waals surface area contributed by atoms with E-state index in [1.807, 2.05) is 6.92 Å². The van der Waals surface area contributed by atoms with Crippen LogP contribution in [0, 0.1) is 28.9 Å². The zero-order valence-corrected chi connectivity index (χ0v) is 11.1. The van der Waals surface area contributed by atoms with Gasteiger partial charge in [-0.3, -0.25) is 10.1 Å². The van der Waals surface area contributed by atoms with Gasteiger partial charge < -0.3 is 11.1 Å². The highest BCUT2D eigenvalue weighted by atomic mass is 16.6. The lowest BCUT2D eigenvalue weighted by molar-refractivity contribution is -0.384. The standard InChI is InChI=1S/C13H21N3O2/c1-9(2)11(7-14)8-15-12-6-10(3)4-5-13(12)16(17)18/h4-6,9,11,15H,7-8,14H2,1-3H3. The number of nitrogens with zero attached hydrogens (tertiary/aromatic N) is 1. The van der Waals surface area contributed by atoms with Crippen LogP contribution in [0.15, 0.2) is 18.2 Å². The molecular weight excluding hydrogens is 230 g/mol. The molecule has 1 unspecified atom stereocenters. The van der Waals surface area contributed by atoms with Crippen molar-refractivity contribution in [3.8, 4) is 0 Å². The van der Waals surface area contributed by atoms with Crippen molar-refractivity contribution in [1.82, 2.24) is 0 Å². The van der Waals surface area contributed by atoms with Gasteiger partial charge in [-0.1, -0.05) is 19.9 Å². The van der Waals surface area contributed by atoms with Crippen molar-refractivity contribution in [3.05, 3.63) is 33.9 Å². The molecule has 0 radical (unpaired) electrons. The van der Waals surface area contributed by atoms with Crippen molar-refractivity contribution in [3.63, 3.8) is 0 Å². The topological polar surface area (TPSA) is 81.2 Å². The van der Waals surface area contributed by atoms with Gasteiger partial charge in [-0.05, 0) is 36.9 Å². The fourth-order valence-corrected chi connectivity index (χ4v) is 1.78. The molecule has 3 N–H and O–H groups in total. The van der Waals surface area contributed by atoms with E-state index in [1.54, 1.807) is 12.1 Å². The Labute approximate surface area is 108 Å². The number of aryl methyl sites for hydroxylation is 1. The fraction of sp³-hybridized carbons (Fsp3) is 0.538. The third-order valence-corrected chi connectivity index (χ3v) is 3.15. The monoisotopic (exact) mass is 251 g/mol. The average Bonchev–Trinajstić information content (AvgIpc) is 2.29. The average molecular weight is 251 g/mol. The molecule has 0 aromatic heterocycles. The molecule has 0 aliphatic rings. The highest BCUT2D eigenvalue weighted by molar-refractivity contribution is 5.62. The van der Waals surface area contributed by atoms with Gasteiger partial charge in [0.05, 0.1) is 4.92 Å². The van der Waals surface area contributed by atoms with E-state index < -0.39 is 0 Å². The van der Waals surface area contributed by atoms with Crippen LogP contribution in [0.1, 0.15) is 19.4 Å². The molecule has 1 atom stereocenters. The largest absolute Gasteiger partial charge is 0.379 e. The van der Waals surface area contributed by atoms with Crippen LogP contribution in [0.2, 0.25) is 0 Å². The van der Waals surface area contributed by atoms with E-state index in [2.05, 4.69) is 19.2 Å². The first-order valence-corrected chi connectivity index (χ1v) is 6.14. The number of hydrogen-bond acceptors (Lipinski definition) is 4. The number of nitrogens with one attached hydrogen (secondary N) is 1. The van der Waals surface area contributed by atoms with Gasteiger partial charge in [0.25, 0.3) is 5.69 Å². The summed E-state index contributed by atoms with van der Waals surface area (Å²) in [7, 11) is 0. The van der Waals surface area contributed by atoms with Gasteiger partial charge in [0.1, 0.15) is 5.69 Å². The molecule has 0 bridgehead atoms. The minimum atomic E-state index is -0.366. The summed E-state index contributed by atoms with van der Waals surface area (Å²) in [5, 5.41) is 14.1. The summed E-state index contributed by atoms with van der Waals surface area (Å²) < 4.78 is 0. The highest BCUT2D eigenvalue weighted by Crippen LogP contribution is 2.25. The third kappa shape index (κ3) is 3.70. The van der Waals surface area contributed by atoms with Crippen molar-refractivity contribution in [2.24, 2.45) is 17.6 Å². The molecule has 100 valence electrons. The minimum Gasteiger partial charge on any atom is -0.379 e. The lowest BCUT2D eigenvalue weighted by atomic mass is 9.96. The van der Waals surface area contributed by atoms with Gasteiger partial charge in [0, 0.05) is 12.6 Å². The van der Waals surface area contributed by atoms with E-state index in [0.717, 1.165) is 5.56 Å². The predicted octanol–water partition coefficient (Wildman–Crippen LogP) is 2.55. The molecule has 0 saturated carbocycles. The van der Waals surface area contributed by atoms with Crippen molar-refractivity contribution < 1.29 is 4.92 Å². The number of benzene rings is 1. The molecular formula is C13H21N3O2. The van der Waals surface area contributed by atoms with E-state index >= 15 is 0 Å². The summed E-state index contributed by atoms with van der Waals surface area (Å²) in [6.45, 7) is 7.34. The summed E-state index contributed by atoms with van der Waals surface area (Å²) in [5.41, 5.74) is 7.37. The first kappa shape index (κ1) is 14.4. The molecule has 1 rings (SSSR count). The number of nitrogens with two attached hydrogens (primary N) is 1. The maximum absolute atomic E-state index is 10.9. The molecule has 0 amide bonds. The van der Waals surface area contributed by atoms with Crippen LogP contribution < -0.4 is 11.1 Å². The highest BCUT2D eigenvalue weighted by Gasteiger charge is 2.16. The molecule has 18 heavy (non-hydrogen) atoms. The summed E-state index contributed by atoms with van der Waals surface area (Å²) >= 11 is 0. The maximum atomic E-state index is 10.9. The normalized spacial score (nSPS) is 12.5. The van der Waals surface area contributed by atoms with Gasteiger partial charge >= 0.3 is 0 Å². The SMILES string of the molecule is Cc1ccc([N+](=O)[O-])c(NCC(CN)C(C)C)c1. The van der Waals surface area contributed by atoms with E-state index in [0.29, 0.717) is 30.6 Å². The summed E-state index contributed by atoms with van der Waals surface area (Å²) in [6.07, 6.45) is 0. The predicted molar refractivity (Wildman–Crippen MR) is 73.7 cm³/mol. The fourth-order valence-electron chi connectivity index (χ4n) is 1.78. The van der Waals surface area contributed by atoms with Crippen LogP contribution in [0.3, 0.4) is 0 Å². The van der Waals surface area contributed by atoms with E-state index in [9.17, 15) is 10.1 Å². The zero-order valence-electron chi connectivity index (χ0n) is 11.1. The Morgan fingerprint density at radius 1 is 1.44 bits per heavy atom. The Morgan fingerprint density at radius 3 is 2.61 bits per heavy atom. The summed E-state index contributed by atoms with van der Waals surface area (Å²) in [4.78, 5) is 10.6. The molecule has 0 aliphatic heterocycles. The van der Waals surface area contributed by atoms with E-state index in [4.69, 9.17) is 5.73 Å². The van der Waals surface area contributed by atoms with E-state index in [1.165, 1.54) is 6.07 Å². The Hall–Kier alpha value is -1.62. The zero-order chi connectivity index (χ0) is 13.7. The third-order valence-electron chi connectivity index (χ3n) is 3.15. The van der Waals surface area contributed by atoms with Crippen LogP contribution >= 0.6 is 0 Å². The van der Waals surface area contributed by atoms with Crippen LogP contribution in [0.5, 0.6) is 0 Å². The summed E-state index contributed by atoms with van der Waals surface area (Å²) in [6, 6.07) is 5.07. The van der Waals surface area contributed by atoms with Gasteiger partial charge in [0.15, 0.2) is 0 Å². The number of nitro groups is 1. The second-order valence-corrected chi connectivity index (χ2v) is 4.90. The molecule has 1 aromatic rings. The first-order chi connectivity index (χ1) is 8.45. The molecule has 5 heteroatoms. The lowest BCUT2D eigenvalue weighted by Crippen LogP contribution is -2.27. The molecule has 5 nitrogen and oxygen atoms in total. The van der Waals surface area contributed by atoms with Crippen molar-refractivity contribution in [1.29, 1.82) is 0 Å². The van der Waals surface area contributed by atoms with Gasteiger partial charge in [0.2, 0.25) is 0 Å². The molecule has 0 saturated heterocycles. The number of anilines is 1. The Bertz CT molecular complexity index is 419. The van der Waals surface area contributed by atoms with Crippen LogP contribution in [0.4, 0.5) is 11.4 Å². The Morgan fingerprint density at radius 2 is 2.11 bits per heavy atom. The van der Waals surface area contributed by atoms with Crippen molar-refractivity contribution in [2.45, 2.75) is 20.8 Å². The van der Waals surface area contributed by atoms with Gasteiger partial charge in [-0.2, -0.15) is 0 Å². The quantitative estimate of drug-likeness (QED) is 0.601. The second kappa shape index (κ2) is 6.35. The van der Waals surface area contributed by atoms with Gasteiger partial charge in [-0.15, -0.1) is 0 Å². The molecule has 0 spiro atoms. The number of nitro benzene ring substituents is 1. The minimum absolute atomic E-state index is 0.111. The number of hydrogen-bond donors (Lipinski definition) is 2. The maximum Gasteiger partial charge on any atom is 0.292 e. The molecule has 1 aromatic carbocycles. The molecule has 0 heterocycles. The summed E-state index contributed by atoms with van der Waals surface area (Å²) in [5.74, 6) is 0.761. The van der Waals surface area contributed by atoms with Crippen molar-refractivity contribution >= 4 is 11.4 Å². The Balaban J connectivity index is 2.83. The second-order valence-electron chi connectivity index (χ2n) is 4.90. The first-order valence-electron chi connectivity index (χ1n) is 6.14. The smallest absolute Gasteiger partial charge is 0.292 e. The van der Waals surface area contributed by atoms with Crippen LogP contribution in [-0.4, -0.2) is 18.0 Å². The van der Waals surface area contributed by atoms with E-state index in [-0.39, 0.29) is 10.6 Å². The Kier molecular flexibility index (Phi) is 5.09. The molecule has 0 aliphatic carbocycles. The van der Waals surface area contributed by atoms with Crippen molar-refractivity contribution in [2.75, 3.05) is 18.4 Å². The molecule has 0 fully saturated rings. The lowest BCUT2D eigenvalue weighted by Gasteiger charge is -2.20. The van der Waals surface area contributed by atoms with Crippen LogP contribution in [0.25, 0.3) is 0 Å². The van der Waals surface area contributed by atoms with Gasteiger partial charge in [-0.25, -0.2) is 0 Å². The number of rotatable bonds is 6. The van der Waals surface area contributed by atoms with Crippen LogP contribution in [-0.2, 0) is 0 Å².